The van der Waals surface area contributed by atoms with Gasteiger partial charge in [-0.25, -0.2) is 18.4 Å². The second kappa shape index (κ2) is 9.21. The number of aromatic nitrogens is 4. The predicted octanol–water partition coefficient (Wildman–Crippen LogP) is 6.46. The molecule has 0 radical (unpaired) electrons. The molecule has 6 aromatic rings. The van der Waals surface area contributed by atoms with Crippen LogP contribution < -0.4 is 4.72 Å². The van der Waals surface area contributed by atoms with Gasteiger partial charge in [-0.3, -0.25) is 9.71 Å². The fourth-order valence-corrected chi connectivity index (χ4v) is 5.66. The van der Waals surface area contributed by atoms with E-state index in [1.54, 1.807) is 71.6 Å². The number of sulfonamides is 1. The van der Waals surface area contributed by atoms with Crippen molar-refractivity contribution < 1.29 is 21.6 Å². The third kappa shape index (κ3) is 4.57. The number of alkyl halides is 3. The summed E-state index contributed by atoms with van der Waals surface area (Å²) in [4.78, 5) is 13.0. The van der Waals surface area contributed by atoms with E-state index in [0.717, 1.165) is 12.1 Å². The number of halogens is 3. The first kappa shape index (κ1) is 24.6. The molecule has 0 aliphatic carbocycles. The highest BCUT2D eigenvalue weighted by atomic mass is 32.2. The van der Waals surface area contributed by atoms with Gasteiger partial charge in [0, 0.05) is 34.4 Å². The number of fused-ring (bicyclic) bond motifs is 2. The Morgan fingerprint density at radius 3 is 2.38 bits per heavy atom. The molecule has 0 aliphatic heterocycles. The number of benzene rings is 3. The van der Waals surface area contributed by atoms with Crippen LogP contribution in [0.25, 0.3) is 38.9 Å². The van der Waals surface area contributed by atoms with E-state index in [1.807, 2.05) is 0 Å². The van der Waals surface area contributed by atoms with Crippen molar-refractivity contribution in [2.45, 2.75) is 11.1 Å². The summed E-state index contributed by atoms with van der Waals surface area (Å²) in [6.07, 6.45) is 0.195. The second-order valence-corrected chi connectivity index (χ2v) is 10.4. The molecule has 3 aromatic heterocycles. The van der Waals surface area contributed by atoms with E-state index in [0.29, 0.717) is 44.6 Å². The minimum absolute atomic E-state index is 0.0614. The molecule has 194 valence electrons. The first-order chi connectivity index (χ1) is 18.7. The number of hydrogen-bond donors (Lipinski definition) is 1. The SMILES string of the molecule is O=S(=O)(Nc1cccc(-n2ccc3c(-c4ccc(C(F)(F)F)cc4)ncnc32)c1)c1cccc2cccnc12. The van der Waals surface area contributed by atoms with Crippen LogP contribution in [0.15, 0.2) is 109 Å². The normalized spacial score (nSPS) is 12.2. The monoisotopic (exact) mass is 545 g/mol. The summed E-state index contributed by atoms with van der Waals surface area (Å²) >= 11 is 0. The molecule has 0 atom stereocenters. The molecule has 11 heteroatoms. The molecule has 3 heterocycles. The summed E-state index contributed by atoms with van der Waals surface area (Å²) in [7, 11) is -3.95. The number of hydrogen-bond acceptors (Lipinski definition) is 5. The van der Waals surface area contributed by atoms with Gasteiger partial charge in [-0.1, -0.05) is 36.4 Å². The number of anilines is 1. The maximum Gasteiger partial charge on any atom is 0.416 e. The number of nitrogens with zero attached hydrogens (tertiary/aromatic N) is 4. The Labute approximate surface area is 220 Å². The van der Waals surface area contributed by atoms with Crippen LogP contribution in [0.4, 0.5) is 18.9 Å². The van der Waals surface area contributed by atoms with Gasteiger partial charge in [0.25, 0.3) is 10.0 Å². The maximum absolute atomic E-state index is 13.3. The number of para-hydroxylation sites is 1. The van der Waals surface area contributed by atoms with Crippen molar-refractivity contribution in [2.24, 2.45) is 0 Å². The summed E-state index contributed by atoms with van der Waals surface area (Å²) in [5.41, 5.74) is 2.09. The molecule has 7 nitrogen and oxygen atoms in total. The van der Waals surface area contributed by atoms with Gasteiger partial charge in [-0.05, 0) is 48.5 Å². The lowest BCUT2D eigenvalue weighted by Gasteiger charge is -2.12. The van der Waals surface area contributed by atoms with Gasteiger partial charge in [0.2, 0.25) is 0 Å². The Hall–Kier alpha value is -4.77. The minimum atomic E-state index is -4.43. The topological polar surface area (TPSA) is 89.8 Å². The summed E-state index contributed by atoms with van der Waals surface area (Å²) in [6, 6.07) is 21.8. The zero-order valence-corrected chi connectivity index (χ0v) is 20.8. The molecule has 39 heavy (non-hydrogen) atoms. The fourth-order valence-electron chi connectivity index (χ4n) is 4.43. The standard InChI is InChI=1S/C28H18F3N5O2S/c29-28(30,31)20-11-9-19(10-12-20)25-23-13-15-36(27(23)34-17-33-25)22-7-2-6-21(16-22)35-39(37,38)24-8-1-4-18-5-3-14-32-26(18)24/h1-17,35H. The highest BCUT2D eigenvalue weighted by Gasteiger charge is 2.30. The molecular weight excluding hydrogens is 527 g/mol. The van der Waals surface area contributed by atoms with Crippen LogP contribution in [0.3, 0.4) is 0 Å². The smallest absolute Gasteiger partial charge is 0.301 e. The molecule has 0 aliphatic rings. The molecule has 0 saturated carbocycles. The number of nitrogens with one attached hydrogen (secondary N) is 1. The van der Waals surface area contributed by atoms with Gasteiger partial charge < -0.3 is 4.57 Å². The van der Waals surface area contributed by atoms with E-state index >= 15 is 0 Å². The van der Waals surface area contributed by atoms with E-state index in [-0.39, 0.29) is 4.90 Å². The molecule has 0 fully saturated rings. The largest absolute Gasteiger partial charge is 0.416 e. The van der Waals surface area contributed by atoms with Crippen LogP contribution in [0, 0.1) is 0 Å². The van der Waals surface area contributed by atoms with Crippen molar-refractivity contribution in [3.8, 4) is 16.9 Å². The van der Waals surface area contributed by atoms with Gasteiger partial charge in [0.05, 0.1) is 22.5 Å². The Morgan fingerprint density at radius 1 is 0.821 bits per heavy atom. The molecule has 0 spiro atoms. The lowest BCUT2D eigenvalue weighted by molar-refractivity contribution is -0.137. The zero-order chi connectivity index (χ0) is 27.2. The summed E-state index contributed by atoms with van der Waals surface area (Å²) in [6.45, 7) is 0. The first-order valence-electron chi connectivity index (χ1n) is 11.7. The van der Waals surface area contributed by atoms with Crippen LogP contribution in [0.1, 0.15) is 5.56 Å². The van der Waals surface area contributed by atoms with Crippen molar-refractivity contribution in [2.75, 3.05) is 4.72 Å². The second-order valence-electron chi connectivity index (χ2n) is 8.71. The van der Waals surface area contributed by atoms with E-state index in [9.17, 15) is 21.6 Å². The van der Waals surface area contributed by atoms with Gasteiger partial charge in [-0.2, -0.15) is 13.2 Å². The van der Waals surface area contributed by atoms with E-state index < -0.39 is 21.8 Å². The van der Waals surface area contributed by atoms with Crippen LogP contribution in [0.5, 0.6) is 0 Å². The van der Waals surface area contributed by atoms with E-state index in [1.165, 1.54) is 24.5 Å². The third-order valence-corrected chi connectivity index (χ3v) is 7.64. The molecule has 0 saturated heterocycles. The van der Waals surface area contributed by atoms with Crippen molar-refractivity contribution in [1.82, 2.24) is 19.5 Å². The minimum Gasteiger partial charge on any atom is -0.301 e. The highest BCUT2D eigenvalue weighted by molar-refractivity contribution is 7.93. The van der Waals surface area contributed by atoms with Crippen molar-refractivity contribution in [3.63, 3.8) is 0 Å². The van der Waals surface area contributed by atoms with Gasteiger partial charge >= 0.3 is 6.18 Å². The van der Waals surface area contributed by atoms with Crippen LogP contribution in [-0.2, 0) is 16.2 Å². The lowest BCUT2D eigenvalue weighted by atomic mass is 10.1. The van der Waals surface area contributed by atoms with Crippen molar-refractivity contribution >= 4 is 37.6 Å². The summed E-state index contributed by atoms with van der Waals surface area (Å²) in [5, 5.41) is 1.33. The molecule has 1 N–H and O–H groups in total. The van der Waals surface area contributed by atoms with E-state index in [4.69, 9.17) is 0 Å². The molecule has 6 rings (SSSR count). The third-order valence-electron chi connectivity index (χ3n) is 6.23. The van der Waals surface area contributed by atoms with Crippen LogP contribution in [0.2, 0.25) is 0 Å². The summed E-state index contributed by atoms with van der Waals surface area (Å²) in [5.74, 6) is 0. The Bertz CT molecular complexity index is 1950. The van der Waals surface area contributed by atoms with Gasteiger partial charge in [0.1, 0.15) is 16.9 Å². The average Bonchev–Trinajstić information content (AvgIpc) is 3.37. The number of rotatable bonds is 5. The predicted molar refractivity (Wildman–Crippen MR) is 142 cm³/mol. The van der Waals surface area contributed by atoms with E-state index in [2.05, 4.69) is 19.7 Å². The summed E-state index contributed by atoms with van der Waals surface area (Å²) < 4.78 is 69.9. The molecule has 0 unspecified atom stereocenters. The Morgan fingerprint density at radius 2 is 1.59 bits per heavy atom. The van der Waals surface area contributed by atoms with Crippen LogP contribution in [-0.4, -0.2) is 27.9 Å². The van der Waals surface area contributed by atoms with Crippen molar-refractivity contribution in [3.05, 3.63) is 109 Å². The molecule has 3 aromatic carbocycles. The first-order valence-corrected chi connectivity index (χ1v) is 13.2. The Balaban J connectivity index is 1.35. The molecule has 0 bridgehead atoms. The van der Waals surface area contributed by atoms with Crippen molar-refractivity contribution in [1.29, 1.82) is 0 Å². The highest BCUT2D eigenvalue weighted by Crippen LogP contribution is 2.33. The zero-order valence-electron chi connectivity index (χ0n) is 20.0. The lowest BCUT2D eigenvalue weighted by Crippen LogP contribution is -2.14. The fraction of sp³-hybridized carbons (Fsp3) is 0.0357. The maximum atomic E-state index is 13.3. The van der Waals surface area contributed by atoms with Crippen LogP contribution >= 0.6 is 0 Å². The Kier molecular flexibility index (Phi) is 5.80. The number of pyridine rings is 1. The quantitative estimate of drug-likeness (QED) is 0.269. The average molecular weight is 546 g/mol. The molecule has 0 amide bonds. The molecular formula is C28H18F3N5O2S. The van der Waals surface area contributed by atoms with Gasteiger partial charge in [0.15, 0.2) is 0 Å². The van der Waals surface area contributed by atoms with Gasteiger partial charge in [-0.15, -0.1) is 0 Å².